The van der Waals surface area contributed by atoms with Crippen molar-refractivity contribution >= 4 is 11.8 Å². The first-order chi connectivity index (χ1) is 8.51. The quantitative estimate of drug-likeness (QED) is 0.848. The highest BCUT2D eigenvalue weighted by Crippen LogP contribution is 2.21. The third-order valence-corrected chi connectivity index (χ3v) is 3.01. The van der Waals surface area contributed by atoms with Gasteiger partial charge in [-0.3, -0.25) is 0 Å². The Morgan fingerprint density at radius 2 is 2.22 bits per heavy atom. The lowest BCUT2D eigenvalue weighted by atomic mass is 10.1. The highest BCUT2D eigenvalue weighted by molar-refractivity contribution is 5.88. The molecule has 1 heterocycles. The van der Waals surface area contributed by atoms with Crippen LogP contribution in [-0.4, -0.2) is 29.1 Å². The van der Waals surface area contributed by atoms with Gasteiger partial charge in [0, 0.05) is 19.3 Å². The fraction of sp³-hybridized carbons (Fsp3) is 0.538. The fourth-order valence-electron chi connectivity index (χ4n) is 1.69. The summed E-state index contributed by atoms with van der Waals surface area (Å²) in [5.41, 5.74) is -0.331. The van der Waals surface area contributed by atoms with Gasteiger partial charge < -0.3 is 10.0 Å². The Labute approximate surface area is 106 Å². The number of carbonyl (C=O) groups is 1. The van der Waals surface area contributed by atoms with Crippen LogP contribution < -0.4 is 4.90 Å². The molecule has 1 unspecified atom stereocenters. The molecule has 1 atom stereocenters. The summed E-state index contributed by atoms with van der Waals surface area (Å²) >= 11 is 0. The van der Waals surface area contributed by atoms with Crippen LogP contribution in [0.5, 0.6) is 0 Å². The lowest BCUT2D eigenvalue weighted by molar-refractivity contribution is 0.0691. The minimum Gasteiger partial charge on any atom is -0.478 e. The van der Waals surface area contributed by atoms with Crippen LogP contribution in [0.3, 0.4) is 0 Å². The Hall–Kier alpha value is -1.65. The van der Waals surface area contributed by atoms with E-state index in [-0.39, 0.29) is 11.4 Å². The third-order valence-electron chi connectivity index (χ3n) is 3.01. The second-order valence-corrected chi connectivity index (χ2v) is 4.35. The summed E-state index contributed by atoms with van der Waals surface area (Å²) in [5.74, 6) is -1.50. The highest BCUT2D eigenvalue weighted by atomic mass is 19.1. The lowest BCUT2D eigenvalue weighted by Crippen LogP contribution is -2.30. The summed E-state index contributed by atoms with van der Waals surface area (Å²) < 4.78 is 14.0. The molecule has 0 saturated carbocycles. The second kappa shape index (κ2) is 6.33. The van der Waals surface area contributed by atoms with Crippen molar-refractivity contribution in [3.63, 3.8) is 0 Å². The van der Waals surface area contributed by atoms with Crippen LogP contribution in [0.15, 0.2) is 12.3 Å². The van der Waals surface area contributed by atoms with Gasteiger partial charge in [-0.25, -0.2) is 14.2 Å². The van der Waals surface area contributed by atoms with Gasteiger partial charge in [0.1, 0.15) is 5.56 Å². The summed E-state index contributed by atoms with van der Waals surface area (Å²) in [5, 5.41) is 8.89. The maximum absolute atomic E-state index is 14.0. The molecule has 5 heteroatoms. The van der Waals surface area contributed by atoms with Gasteiger partial charge in [0.05, 0.1) is 0 Å². The van der Waals surface area contributed by atoms with Crippen molar-refractivity contribution in [2.45, 2.75) is 27.2 Å². The molecular weight excluding hydrogens is 235 g/mol. The second-order valence-electron chi connectivity index (χ2n) is 4.35. The summed E-state index contributed by atoms with van der Waals surface area (Å²) in [4.78, 5) is 16.6. The maximum atomic E-state index is 14.0. The molecule has 100 valence electrons. The van der Waals surface area contributed by atoms with E-state index in [0.717, 1.165) is 6.42 Å². The van der Waals surface area contributed by atoms with E-state index >= 15 is 0 Å². The number of carboxylic acid groups (broad SMARTS) is 1. The van der Waals surface area contributed by atoms with Crippen LogP contribution in [0.4, 0.5) is 10.2 Å². The van der Waals surface area contributed by atoms with Gasteiger partial charge in [-0.1, -0.05) is 20.3 Å². The average Bonchev–Trinajstić information content (AvgIpc) is 2.35. The topological polar surface area (TPSA) is 53.4 Å². The van der Waals surface area contributed by atoms with Gasteiger partial charge in [0.25, 0.3) is 0 Å². The van der Waals surface area contributed by atoms with Gasteiger partial charge in [0.2, 0.25) is 0 Å². The predicted octanol–water partition coefficient (Wildman–Crippen LogP) is 2.79. The zero-order chi connectivity index (χ0) is 13.7. The molecule has 1 rings (SSSR count). The van der Waals surface area contributed by atoms with E-state index in [1.54, 1.807) is 4.90 Å². The molecule has 0 saturated heterocycles. The molecule has 0 spiro atoms. The van der Waals surface area contributed by atoms with Crippen LogP contribution in [0.1, 0.15) is 37.6 Å². The molecule has 1 N–H and O–H groups in total. The molecule has 0 bridgehead atoms. The monoisotopic (exact) mass is 254 g/mol. The number of carboxylic acids is 1. The van der Waals surface area contributed by atoms with Crippen molar-refractivity contribution in [3.8, 4) is 0 Å². The minimum absolute atomic E-state index is 0.123. The molecule has 0 fully saturated rings. The van der Waals surface area contributed by atoms with E-state index in [4.69, 9.17) is 5.11 Å². The summed E-state index contributed by atoms with van der Waals surface area (Å²) in [6.45, 7) is 7.30. The third kappa shape index (κ3) is 3.18. The van der Waals surface area contributed by atoms with Gasteiger partial charge >= 0.3 is 5.97 Å². The van der Waals surface area contributed by atoms with Gasteiger partial charge in [0.15, 0.2) is 11.6 Å². The molecule has 0 aromatic carbocycles. The van der Waals surface area contributed by atoms with Crippen LogP contribution in [0.25, 0.3) is 0 Å². The van der Waals surface area contributed by atoms with E-state index in [0.29, 0.717) is 19.0 Å². The van der Waals surface area contributed by atoms with Crippen LogP contribution in [-0.2, 0) is 0 Å². The molecular formula is C13H19FN2O2. The normalized spacial score (nSPS) is 12.2. The summed E-state index contributed by atoms with van der Waals surface area (Å²) in [6.07, 6.45) is 2.32. The Bertz CT molecular complexity index is 423. The Kier molecular flexibility index (Phi) is 5.07. The molecule has 0 aliphatic heterocycles. The van der Waals surface area contributed by atoms with Gasteiger partial charge in [-0.15, -0.1) is 0 Å². The van der Waals surface area contributed by atoms with E-state index in [2.05, 4.69) is 18.8 Å². The number of halogens is 1. The molecule has 18 heavy (non-hydrogen) atoms. The average molecular weight is 254 g/mol. The molecule has 0 radical (unpaired) electrons. The SMILES string of the molecule is CCC(C)CN(CC)c1nccc(C(=O)O)c1F. The molecule has 1 aromatic rings. The molecule has 0 amide bonds. The molecule has 1 aromatic heterocycles. The number of aromatic nitrogens is 1. The number of rotatable bonds is 6. The van der Waals surface area contributed by atoms with Crippen molar-refractivity contribution in [2.75, 3.05) is 18.0 Å². The number of pyridine rings is 1. The number of hydrogen-bond acceptors (Lipinski definition) is 3. The standard InChI is InChI=1S/C13H19FN2O2/c1-4-9(3)8-16(5-2)12-11(14)10(13(17)18)6-7-15-12/h6-7,9H,4-5,8H2,1-3H3,(H,17,18). The first kappa shape index (κ1) is 14.4. The Balaban J connectivity index is 3.06. The van der Waals surface area contributed by atoms with Crippen LogP contribution in [0, 0.1) is 11.7 Å². The maximum Gasteiger partial charge on any atom is 0.338 e. The summed E-state index contributed by atoms with van der Waals surface area (Å²) in [7, 11) is 0. The Morgan fingerprint density at radius 1 is 1.56 bits per heavy atom. The van der Waals surface area contributed by atoms with Crippen molar-refractivity contribution in [1.82, 2.24) is 4.98 Å². The minimum atomic E-state index is -1.27. The van der Waals surface area contributed by atoms with E-state index in [1.165, 1.54) is 12.3 Å². The van der Waals surface area contributed by atoms with Crippen LogP contribution in [0.2, 0.25) is 0 Å². The first-order valence-corrected chi connectivity index (χ1v) is 6.13. The number of hydrogen-bond donors (Lipinski definition) is 1. The Morgan fingerprint density at radius 3 is 2.72 bits per heavy atom. The molecule has 4 nitrogen and oxygen atoms in total. The zero-order valence-corrected chi connectivity index (χ0v) is 11.0. The smallest absolute Gasteiger partial charge is 0.338 e. The molecule has 0 aliphatic rings. The molecule has 0 aliphatic carbocycles. The van der Waals surface area contributed by atoms with E-state index in [9.17, 15) is 9.18 Å². The van der Waals surface area contributed by atoms with Crippen molar-refractivity contribution in [3.05, 3.63) is 23.6 Å². The van der Waals surface area contributed by atoms with E-state index < -0.39 is 11.8 Å². The first-order valence-electron chi connectivity index (χ1n) is 6.13. The lowest BCUT2D eigenvalue weighted by Gasteiger charge is -2.25. The number of aromatic carboxylic acids is 1. The predicted molar refractivity (Wildman–Crippen MR) is 68.5 cm³/mol. The number of nitrogens with zero attached hydrogens (tertiary/aromatic N) is 2. The fourth-order valence-corrected chi connectivity index (χ4v) is 1.69. The largest absolute Gasteiger partial charge is 0.478 e. The van der Waals surface area contributed by atoms with E-state index in [1.807, 2.05) is 6.92 Å². The van der Waals surface area contributed by atoms with Crippen molar-refractivity contribution in [2.24, 2.45) is 5.92 Å². The van der Waals surface area contributed by atoms with Gasteiger partial charge in [-0.2, -0.15) is 0 Å². The number of anilines is 1. The van der Waals surface area contributed by atoms with Gasteiger partial charge in [-0.05, 0) is 18.9 Å². The van der Waals surface area contributed by atoms with Crippen molar-refractivity contribution < 1.29 is 14.3 Å². The van der Waals surface area contributed by atoms with Crippen LogP contribution >= 0.6 is 0 Å². The highest BCUT2D eigenvalue weighted by Gasteiger charge is 2.19. The zero-order valence-electron chi connectivity index (χ0n) is 11.0. The summed E-state index contributed by atoms with van der Waals surface area (Å²) in [6, 6.07) is 1.18. The van der Waals surface area contributed by atoms with Crippen molar-refractivity contribution in [1.29, 1.82) is 0 Å².